The van der Waals surface area contributed by atoms with Crippen molar-refractivity contribution in [3.05, 3.63) is 53.1 Å². The molecule has 0 radical (unpaired) electrons. The molecule has 6 nitrogen and oxygen atoms in total. The Labute approximate surface area is 159 Å². The lowest BCUT2D eigenvalue weighted by molar-refractivity contribution is 0.101. The number of hydrogen-bond donors (Lipinski definition) is 2. The zero-order valence-corrected chi connectivity index (χ0v) is 16.0. The number of carbonyl (C=O) groups excluding carboxylic acids is 1. The minimum absolute atomic E-state index is 0.108. The van der Waals surface area contributed by atoms with E-state index in [0.29, 0.717) is 16.7 Å². The van der Waals surface area contributed by atoms with E-state index in [1.807, 2.05) is 13.0 Å². The van der Waals surface area contributed by atoms with Gasteiger partial charge in [0.15, 0.2) is 5.78 Å². The Bertz CT molecular complexity index is 850. The molecule has 0 saturated carbocycles. The fourth-order valence-electron chi connectivity index (χ4n) is 2.05. The van der Waals surface area contributed by atoms with Gasteiger partial charge in [0.25, 0.3) is 0 Å². The van der Waals surface area contributed by atoms with E-state index in [1.165, 1.54) is 25.3 Å². The number of hydrogen-bond acceptors (Lipinski definition) is 6. The van der Waals surface area contributed by atoms with Crippen LogP contribution in [-0.4, -0.2) is 22.7 Å². The van der Waals surface area contributed by atoms with Crippen LogP contribution in [0.15, 0.2) is 51.7 Å². The van der Waals surface area contributed by atoms with E-state index in [-0.39, 0.29) is 34.7 Å². The van der Waals surface area contributed by atoms with Crippen LogP contribution < -0.4 is 11.5 Å². The van der Waals surface area contributed by atoms with Gasteiger partial charge in [-0.2, -0.15) is 5.26 Å². The van der Waals surface area contributed by atoms with Gasteiger partial charge in [0.05, 0.1) is 17.0 Å². The third kappa shape index (κ3) is 5.63. The van der Waals surface area contributed by atoms with E-state index in [0.717, 1.165) is 12.3 Å². The van der Waals surface area contributed by atoms with Crippen LogP contribution in [0.1, 0.15) is 30.6 Å². The summed E-state index contributed by atoms with van der Waals surface area (Å²) >= 11 is 3.33. The lowest BCUT2D eigenvalue weighted by Gasteiger charge is -2.10. The summed E-state index contributed by atoms with van der Waals surface area (Å²) in [7, 11) is 0. The van der Waals surface area contributed by atoms with E-state index < -0.39 is 5.82 Å². The fourth-order valence-corrected chi connectivity index (χ4v) is 2.57. The summed E-state index contributed by atoms with van der Waals surface area (Å²) in [5.74, 6) is -0.896. The maximum absolute atomic E-state index is 13.5. The Morgan fingerprint density at radius 2 is 2.08 bits per heavy atom. The molecule has 0 aromatic heterocycles. The fraction of sp³-hybridized carbons (Fsp3) is 0.222. The summed E-state index contributed by atoms with van der Waals surface area (Å²) in [6.07, 6.45) is 2.61. The van der Waals surface area contributed by atoms with E-state index >= 15 is 0 Å². The van der Waals surface area contributed by atoms with Gasteiger partial charge in [-0.05, 0) is 48.0 Å². The highest BCUT2D eigenvalue weighted by Crippen LogP contribution is 2.24. The second-order valence-corrected chi connectivity index (χ2v) is 5.85. The average molecular weight is 420 g/mol. The summed E-state index contributed by atoms with van der Waals surface area (Å²) in [4.78, 5) is 20.4. The monoisotopic (exact) mass is 419 g/mol. The number of halogens is 2. The van der Waals surface area contributed by atoms with Crippen molar-refractivity contribution in [2.75, 3.05) is 6.54 Å². The Hall–Kier alpha value is -2.79. The summed E-state index contributed by atoms with van der Waals surface area (Å²) in [5, 5.41) is 9.33. The smallest absolute Gasteiger partial charge is 0.162 e. The number of nitrogens with zero attached hydrogens (tertiary/aromatic N) is 3. The van der Waals surface area contributed by atoms with Gasteiger partial charge in [-0.25, -0.2) is 4.39 Å². The maximum Gasteiger partial charge on any atom is 0.162 e. The first-order valence-corrected chi connectivity index (χ1v) is 8.48. The van der Waals surface area contributed by atoms with Crippen molar-refractivity contribution in [2.45, 2.75) is 20.3 Å². The highest BCUT2D eigenvalue weighted by molar-refractivity contribution is 9.18. The molecule has 8 heteroatoms. The Balaban J connectivity index is 3.50. The van der Waals surface area contributed by atoms with Crippen molar-refractivity contribution in [1.29, 1.82) is 5.26 Å². The molecule has 1 aromatic carbocycles. The van der Waals surface area contributed by atoms with Crippen molar-refractivity contribution in [2.24, 2.45) is 21.5 Å². The van der Waals surface area contributed by atoms with Crippen LogP contribution in [0.5, 0.6) is 0 Å². The highest BCUT2D eigenvalue weighted by atomic mass is 79.9. The number of nitriles is 1. The number of allylic oxidation sites excluding steroid dienone is 2. The predicted octanol–water partition coefficient (Wildman–Crippen LogP) is 3.51. The third-order valence-electron chi connectivity index (χ3n) is 3.31. The van der Waals surface area contributed by atoms with Crippen LogP contribution >= 0.6 is 15.9 Å². The van der Waals surface area contributed by atoms with E-state index in [4.69, 9.17) is 11.5 Å². The Morgan fingerprint density at radius 3 is 2.58 bits per heavy atom. The number of benzene rings is 1. The maximum atomic E-state index is 13.5. The molecule has 0 bridgehead atoms. The van der Waals surface area contributed by atoms with Crippen LogP contribution in [0.4, 0.5) is 10.1 Å². The molecule has 0 spiro atoms. The molecule has 0 atom stereocenters. The topological polar surface area (TPSA) is 118 Å². The number of Topliss-reactive ketones (excluding diaryl/α,β-unsaturated/α-hetero) is 1. The van der Waals surface area contributed by atoms with Crippen molar-refractivity contribution < 1.29 is 9.18 Å². The van der Waals surface area contributed by atoms with Gasteiger partial charge in [0.2, 0.25) is 0 Å². The highest BCUT2D eigenvalue weighted by Gasteiger charge is 2.15. The quantitative estimate of drug-likeness (QED) is 0.399. The number of nitrogens with two attached hydrogens (primary N) is 2. The molecule has 4 N–H and O–H groups in total. The van der Waals surface area contributed by atoms with Crippen molar-refractivity contribution in [3.8, 4) is 6.07 Å². The second-order valence-electron chi connectivity index (χ2n) is 5.10. The zero-order valence-electron chi connectivity index (χ0n) is 14.5. The molecule has 1 aromatic rings. The van der Waals surface area contributed by atoms with E-state index in [1.54, 1.807) is 0 Å². The van der Waals surface area contributed by atoms with Crippen LogP contribution in [-0.2, 0) is 0 Å². The number of carbonyl (C=O) groups is 1. The van der Waals surface area contributed by atoms with Gasteiger partial charge in [-0.1, -0.05) is 0 Å². The van der Waals surface area contributed by atoms with Crippen LogP contribution in [0, 0.1) is 17.1 Å². The molecule has 0 aliphatic rings. The zero-order chi connectivity index (χ0) is 19.7. The van der Waals surface area contributed by atoms with Gasteiger partial charge in [-0.3, -0.25) is 14.8 Å². The largest absolute Gasteiger partial charge is 0.404 e. The van der Waals surface area contributed by atoms with Crippen LogP contribution in [0.2, 0.25) is 0 Å². The second kappa shape index (κ2) is 10.3. The SMILES string of the molecule is CCN=C(Br)C(=CN)CC(=Nc1ccc(F)cc1C(C)=O)C(C#N)=CN. The van der Waals surface area contributed by atoms with Crippen molar-refractivity contribution in [1.82, 2.24) is 0 Å². The molecule has 0 heterocycles. The number of aliphatic imine (C=N–C) groups is 2. The molecular weight excluding hydrogens is 401 g/mol. The van der Waals surface area contributed by atoms with E-state index in [9.17, 15) is 14.4 Å². The molecule has 1 rings (SSSR count). The molecule has 0 saturated heterocycles. The van der Waals surface area contributed by atoms with Gasteiger partial charge in [0.1, 0.15) is 16.5 Å². The molecule has 136 valence electrons. The minimum Gasteiger partial charge on any atom is -0.404 e. The van der Waals surface area contributed by atoms with Gasteiger partial charge < -0.3 is 11.5 Å². The minimum atomic E-state index is -0.550. The molecule has 0 aliphatic heterocycles. The van der Waals surface area contributed by atoms with Gasteiger partial charge in [-0.15, -0.1) is 0 Å². The Morgan fingerprint density at radius 1 is 1.38 bits per heavy atom. The summed E-state index contributed by atoms with van der Waals surface area (Å²) in [6.45, 7) is 3.71. The molecule has 26 heavy (non-hydrogen) atoms. The van der Waals surface area contributed by atoms with Gasteiger partial charge in [0, 0.05) is 36.5 Å². The number of ketones is 1. The molecule has 0 amide bonds. The molecular formula is C18H19BrFN5O. The molecule has 0 aliphatic carbocycles. The first kappa shape index (κ1) is 21.3. The molecule has 0 fully saturated rings. The third-order valence-corrected chi connectivity index (χ3v) is 4.07. The first-order valence-electron chi connectivity index (χ1n) is 7.69. The lowest BCUT2D eigenvalue weighted by Crippen LogP contribution is -2.10. The summed E-state index contributed by atoms with van der Waals surface area (Å²) < 4.78 is 14.0. The number of rotatable bonds is 7. The molecule has 0 unspecified atom stereocenters. The predicted molar refractivity (Wildman–Crippen MR) is 105 cm³/mol. The van der Waals surface area contributed by atoms with Crippen LogP contribution in [0.3, 0.4) is 0 Å². The Kier molecular flexibility index (Phi) is 8.38. The normalized spacial score (nSPS) is 13.5. The van der Waals surface area contributed by atoms with E-state index in [2.05, 4.69) is 25.9 Å². The van der Waals surface area contributed by atoms with Crippen molar-refractivity contribution in [3.63, 3.8) is 0 Å². The van der Waals surface area contributed by atoms with Crippen molar-refractivity contribution >= 4 is 37.7 Å². The average Bonchev–Trinajstić information content (AvgIpc) is 2.61. The van der Waals surface area contributed by atoms with Gasteiger partial charge >= 0.3 is 0 Å². The lowest BCUT2D eigenvalue weighted by atomic mass is 10.0. The first-order chi connectivity index (χ1) is 12.4. The summed E-state index contributed by atoms with van der Waals surface area (Å²) in [5.41, 5.74) is 12.5. The standard InChI is InChI=1S/C18H19BrFN5O/c1-3-24-18(19)12(8-21)6-17(13(9-22)10-23)25-16-5-4-14(20)7-15(16)11(2)26/h4-5,7-9H,3,6,21-22H2,1-2H3. The van der Waals surface area contributed by atoms with Crippen LogP contribution in [0.25, 0.3) is 0 Å². The summed E-state index contributed by atoms with van der Waals surface area (Å²) in [6, 6.07) is 5.62.